The molecule has 3 amide bonds. The molecule has 0 unspecified atom stereocenters. The summed E-state index contributed by atoms with van der Waals surface area (Å²) in [5, 5.41) is 19.9. The first-order valence-electron chi connectivity index (χ1n) is 13.7. The van der Waals surface area contributed by atoms with Gasteiger partial charge in [-0.1, -0.05) is 84.9 Å². The standard InChI is InChI=1S/C32H36N6O3/c33-30(40)28(20-22-12-15-24-7-2-4-9-26(24)19-22)38-31(41)27(10-5-17-36-32(34)35)37-29(39)16-13-21-11-14-23-6-1-3-8-25(23)18-21/h1-4,6-9,11-12,14-15,18-19,27-28H,5,10,13,16-17,20H2,(H2,33,40)(H,37,39)(H,38,41)(H4,34,35,36)/t27-,28-/m0/s1. The van der Waals surface area contributed by atoms with Gasteiger partial charge in [0.05, 0.1) is 0 Å². The summed E-state index contributed by atoms with van der Waals surface area (Å²) in [6.07, 6.45) is 1.69. The summed E-state index contributed by atoms with van der Waals surface area (Å²) < 4.78 is 0. The minimum absolute atomic E-state index is 0.172. The molecule has 0 saturated heterocycles. The second-order valence-electron chi connectivity index (χ2n) is 10.1. The van der Waals surface area contributed by atoms with Crippen molar-refractivity contribution in [3.05, 3.63) is 96.1 Å². The molecule has 212 valence electrons. The molecule has 4 aromatic carbocycles. The molecule has 4 aromatic rings. The van der Waals surface area contributed by atoms with Crippen LogP contribution in [-0.2, 0) is 27.2 Å². The Morgan fingerprint density at radius 1 is 0.732 bits per heavy atom. The van der Waals surface area contributed by atoms with Gasteiger partial charge in [-0.2, -0.15) is 0 Å². The fourth-order valence-corrected chi connectivity index (χ4v) is 4.81. The molecule has 0 heterocycles. The summed E-state index contributed by atoms with van der Waals surface area (Å²) in [6.45, 7) is 0.364. The number of aryl methyl sites for hydroxylation is 1. The van der Waals surface area contributed by atoms with Gasteiger partial charge in [0, 0.05) is 19.4 Å². The first-order chi connectivity index (χ1) is 19.8. The lowest BCUT2D eigenvalue weighted by Gasteiger charge is -2.22. The van der Waals surface area contributed by atoms with Gasteiger partial charge in [0.1, 0.15) is 12.1 Å². The molecular formula is C32H36N6O3. The lowest BCUT2D eigenvalue weighted by molar-refractivity contribution is -0.131. The summed E-state index contributed by atoms with van der Waals surface area (Å²) in [4.78, 5) is 38.6. The summed E-state index contributed by atoms with van der Waals surface area (Å²) in [6, 6.07) is 26.0. The molecule has 0 aliphatic heterocycles. The Hall–Kier alpha value is -4.92. The van der Waals surface area contributed by atoms with E-state index in [-0.39, 0.29) is 31.1 Å². The maximum atomic E-state index is 13.3. The first kappa shape index (κ1) is 29.1. The molecule has 2 atom stereocenters. The van der Waals surface area contributed by atoms with Crippen LogP contribution in [0, 0.1) is 5.41 Å². The van der Waals surface area contributed by atoms with Crippen LogP contribution in [0.1, 0.15) is 30.4 Å². The van der Waals surface area contributed by atoms with Crippen LogP contribution < -0.4 is 27.4 Å². The molecule has 0 saturated carbocycles. The molecule has 0 fully saturated rings. The maximum Gasteiger partial charge on any atom is 0.243 e. The smallest absolute Gasteiger partial charge is 0.243 e. The minimum atomic E-state index is -0.948. The third kappa shape index (κ3) is 8.53. The number of hydrogen-bond donors (Lipinski definition) is 6. The van der Waals surface area contributed by atoms with Crippen LogP contribution in [-0.4, -0.2) is 42.3 Å². The van der Waals surface area contributed by atoms with Gasteiger partial charge in [-0.15, -0.1) is 0 Å². The predicted molar refractivity (Wildman–Crippen MR) is 162 cm³/mol. The molecule has 4 rings (SSSR count). The number of amides is 3. The van der Waals surface area contributed by atoms with Crippen LogP contribution in [0.25, 0.3) is 21.5 Å². The number of carbonyl (C=O) groups is 3. The Balaban J connectivity index is 1.40. The zero-order valence-electron chi connectivity index (χ0n) is 22.9. The van der Waals surface area contributed by atoms with Gasteiger partial charge in [0.15, 0.2) is 5.96 Å². The quantitative estimate of drug-likeness (QED) is 0.0852. The highest BCUT2D eigenvalue weighted by atomic mass is 16.2. The number of hydrogen-bond acceptors (Lipinski definition) is 4. The SMILES string of the molecule is N=C(N)NCCC[C@H](NC(=O)CCc1ccc2ccccc2c1)C(=O)N[C@@H](Cc1ccc2ccccc2c1)C(N)=O. The van der Waals surface area contributed by atoms with Crippen molar-refractivity contribution in [2.24, 2.45) is 11.5 Å². The van der Waals surface area contributed by atoms with Crippen molar-refractivity contribution in [3.63, 3.8) is 0 Å². The van der Waals surface area contributed by atoms with Gasteiger partial charge in [-0.25, -0.2) is 0 Å². The first-order valence-corrected chi connectivity index (χ1v) is 13.7. The summed E-state index contributed by atoms with van der Waals surface area (Å²) in [5.41, 5.74) is 12.9. The third-order valence-corrected chi connectivity index (χ3v) is 7.00. The molecule has 8 N–H and O–H groups in total. The van der Waals surface area contributed by atoms with E-state index in [0.29, 0.717) is 19.4 Å². The Morgan fingerprint density at radius 2 is 1.32 bits per heavy atom. The Labute approximate surface area is 239 Å². The highest BCUT2D eigenvalue weighted by molar-refractivity contribution is 5.92. The summed E-state index contributed by atoms with van der Waals surface area (Å²) in [7, 11) is 0. The molecule has 9 nitrogen and oxygen atoms in total. The van der Waals surface area contributed by atoms with Crippen molar-refractivity contribution in [2.75, 3.05) is 6.54 Å². The van der Waals surface area contributed by atoms with Gasteiger partial charge < -0.3 is 27.4 Å². The van der Waals surface area contributed by atoms with Crippen LogP contribution in [0.4, 0.5) is 0 Å². The number of nitrogens with one attached hydrogen (secondary N) is 4. The van der Waals surface area contributed by atoms with Crippen molar-refractivity contribution in [3.8, 4) is 0 Å². The van der Waals surface area contributed by atoms with E-state index in [1.54, 1.807) is 0 Å². The number of benzene rings is 4. The molecule has 41 heavy (non-hydrogen) atoms. The molecule has 0 spiro atoms. The second kappa shape index (κ2) is 13.9. The van der Waals surface area contributed by atoms with E-state index in [2.05, 4.69) is 22.0 Å². The fourth-order valence-electron chi connectivity index (χ4n) is 4.81. The van der Waals surface area contributed by atoms with Crippen LogP contribution >= 0.6 is 0 Å². The largest absolute Gasteiger partial charge is 0.370 e. The van der Waals surface area contributed by atoms with Crippen LogP contribution in [0.5, 0.6) is 0 Å². The zero-order valence-corrected chi connectivity index (χ0v) is 22.9. The van der Waals surface area contributed by atoms with Gasteiger partial charge in [0.2, 0.25) is 17.7 Å². The van der Waals surface area contributed by atoms with E-state index in [1.807, 2.05) is 78.9 Å². The number of fused-ring (bicyclic) bond motifs is 2. The average Bonchev–Trinajstić information content (AvgIpc) is 2.96. The maximum absolute atomic E-state index is 13.3. The van der Waals surface area contributed by atoms with Crippen molar-refractivity contribution >= 4 is 45.2 Å². The number of rotatable bonds is 13. The lowest BCUT2D eigenvalue weighted by atomic mass is 10.0. The summed E-state index contributed by atoms with van der Waals surface area (Å²) in [5.74, 6) is -1.60. The topological polar surface area (TPSA) is 163 Å². The van der Waals surface area contributed by atoms with Crippen LogP contribution in [0.3, 0.4) is 0 Å². The predicted octanol–water partition coefficient (Wildman–Crippen LogP) is 2.89. The highest BCUT2D eigenvalue weighted by Gasteiger charge is 2.26. The average molecular weight is 553 g/mol. The Kier molecular flexibility index (Phi) is 9.88. The molecule has 0 aliphatic rings. The molecule has 0 radical (unpaired) electrons. The van der Waals surface area contributed by atoms with Crippen LogP contribution in [0.15, 0.2) is 84.9 Å². The van der Waals surface area contributed by atoms with Gasteiger partial charge in [-0.05, 0) is 51.9 Å². The molecular weight excluding hydrogens is 516 g/mol. The lowest BCUT2D eigenvalue weighted by Crippen LogP contribution is -2.53. The van der Waals surface area contributed by atoms with E-state index < -0.39 is 23.9 Å². The van der Waals surface area contributed by atoms with Gasteiger partial charge >= 0.3 is 0 Å². The number of nitrogens with two attached hydrogens (primary N) is 2. The Morgan fingerprint density at radius 3 is 1.93 bits per heavy atom. The number of guanidine groups is 1. The number of carbonyl (C=O) groups excluding carboxylic acids is 3. The minimum Gasteiger partial charge on any atom is -0.370 e. The summed E-state index contributed by atoms with van der Waals surface area (Å²) >= 11 is 0. The normalized spacial score (nSPS) is 12.4. The van der Waals surface area contributed by atoms with Crippen LogP contribution in [0.2, 0.25) is 0 Å². The zero-order chi connectivity index (χ0) is 29.2. The Bertz CT molecular complexity index is 1550. The number of primary amides is 1. The third-order valence-electron chi connectivity index (χ3n) is 7.00. The van der Waals surface area contributed by atoms with E-state index in [4.69, 9.17) is 16.9 Å². The molecule has 0 aromatic heterocycles. The highest BCUT2D eigenvalue weighted by Crippen LogP contribution is 2.18. The van der Waals surface area contributed by atoms with Crippen molar-refractivity contribution in [1.82, 2.24) is 16.0 Å². The second-order valence-corrected chi connectivity index (χ2v) is 10.1. The monoisotopic (exact) mass is 552 g/mol. The van der Waals surface area contributed by atoms with E-state index in [1.165, 1.54) is 0 Å². The van der Waals surface area contributed by atoms with E-state index >= 15 is 0 Å². The van der Waals surface area contributed by atoms with E-state index in [9.17, 15) is 14.4 Å². The fraction of sp³-hybridized carbons (Fsp3) is 0.250. The van der Waals surface area contributed by atoms with Crippen molar-refractivity contribution in [1.29, 1.82) is 5.41 Å². The molecule has 9 heteroatoms. The molecule has 0 aliphatic carbocycles. The van der Waals surface area contributed by atoms with Crippen molar-refractivity contribution < 1.29 is 14.4 Å². The van der Waals surface area contributed by atoms with Gasteiger partial charge in [0.25, 0.3) is 0 Å². The van der Waals surface area contributed by atoms with E-state index in [0.717, 1.165) is 32.7 Å². The van der Waals surface area contributed by atoms with Crippen molar-refractivity contribution in [2.45, 2.75) is 44.2 Å². The van der Waals surface area contributed by atoms with Gasteiger partial charge in [-0.3, -0.25) is 19.8 Å². The molecule has 0 bridgehead atoms.